The van der Waals surface area contributed by atoms with E-state index < -0.39 is 11.9 Å². The minimum atomic E-state index is -0.489. The van der Waals surface area contributed by atoms with Crippen LogP contribution >= 0.6 is 0 Å². The van der Waals surface area contributed by atoms with E-state index in [-0.39, 0.29) is 25.6 Å². The fraction of sp³-hybridized carbons (Fsp3) is 0.385. The summed E-state index contributed by atoms with van der Waals surface area (Å²) >= 11 is 0. The second kappa shape index (κ2) is 13.1. The van der Waals surface area contributed by atoms with Crippen molar-refractivity contribution in [1.82, 2.24) is 0 Å². The maximum atomic E-state index is 12.6. The molecule has 0 spiro atoms. The molecule has 0 aliphatic heterocycles. The monoisotopic (exact) mass is 472 g/mol. The first-order chi connectivity index (χ1) is 16.4. The summed E-state index contributed by atoms with van der Waals surface area (Å²) in [6.45, 7) is 4.01. The molecule has 0 N–H and O–H groups in total. The van der Waals surface area contributed by atoms with Crippen LogP contribution in [0.4, 0.5) is 0 Å². The van der Waals surface area contributed by atoms with Gasteiger partial charge in [0.15, 0.2) is 0 Å². The van der Waals surface area contributed by atoms with Crippen LogP contribution in [-0.4, -0.2) is 53.6 Å². The number of hydrogen-bond acceptors (Lipinski definition) is 8. The van der Waals surface area contributed by atoms with Crippen molar-refractivity contribution in [2.24, 2.45) is 0 Å². The van der Waals surface area contributed by atoms with Gasteiger partial charge in [0.2, 0.25) is 0 Å². The van der Waals surface area contributed by atoms with E-state index in [9.17, 15) is 9.59 Å². The average molecular weight is 473 g/mol. The smallest absolute Gasteiger partial charge is 0.330 e. The molecule has 0 aliphatic rings. The predicted octanol–water partition coefficient (Wildman–Crippen LogP) is 4.38. The summed E-state index contributed by atoms with van der Waals surface area (Å²) in [6, 6.07) is 8.99. The standard InChI is InChI=1S/C26H32O8/c1-7-33-24(27)14-12-20-22(30-4)13-11-19(26(20)32-6)21(16-25(28)34-8-2)18-10-9-17(29-3)15-23(18)31-5/h9-15,21H,7-8,16H2,1-6H3/b14-12-. The van der Waals surface area contributed by atoms with Crippen molar-refractivity contribution in [3.05, 3.63) is 53.1 Å². The highest BCUT2D eigenvalue weighted by molar-refractivity contribution is 5.88. The molecule has 0 bridgehead atoms. The van der Waals surface area contributed by atoms with E-state index in [1.165, 1.54) is 20.3 Å². The average Bonchev–Trinajstić information content (AvgIpc) is 2.85. The first-order valence-electron chi connectivity index (χ1n) is 10.9. The van der Waals surface area contributed by atoms with Crippen molar-refractivity contribution in [3.63, 3.8) is 0 Å². The quantitative estimate of drug-likeness (QED) is 0.332. The molecule has 8 heteroatoms. The van der Waals surface area contributed by atoms with E-state index in [4.69, 9.17) is 28.4 Å². The predicted molar refractivity (Wildman–Crippen MR) is 128 cm³/mol. The van der Waals surface area contributed by atoms with Crippen LogP contribution in [0, 0.1) is 0 Å². The second-order valence-electron chi connectivity index (χ2n) is 7.06. The molecule has 0 amide bonds. The fourth-order valence-corrected chi connectivity index (χ4v) is 3.66. The van der Waals surface area contributed by atoms with E-state index in [0.717, 1.165) is 5.56 Å². The van der Waals surface area contributed by atoms with Gasteiger partial charge in [0.05, 0.1) is 53.6 Å². The lowest BCUT2D eigenvalue weighted by Crippen LogP contribution is -2.14. The van der Waals surface area contributed by atoms with Crippen LogP contribution in [-0.2, 0) is 19.1 Å². The Morgan fingerprint density at radius 1 is 0.824 bits per heavy atom. The molecular weight excluding hydrogens is 440 g/mol. The third kappa shape index (κ3) is 6.43. The lowest BCUT2D eigenvalue weighted by Gasteiger charge is -2.24. The zero-order chi connectivity index (χ0) is 25.1. The van der Waals surface area contributed by atoms with E-state index in [1.54, 1.807) is 52.3 Å². The van der Waals surface area contributed by atoms with Gasteiger partial charge in [0.25, 0.3) is 0 Å². The fourth-order valence-electron chi connectivity index (χ4n) is 3.66. The Bertz CT molecular complexity index is 1010. The first kappa shape index (κ1) is 26.6. The van der Waals surface area contributed by atoms with Gasteiger partial charge < -0.3 is 28.4 Å². The van der Waals surface area contributed by atoms with Crippen molar-refractivity contribution in [1.29, 1.82) is 0 Å². The Balaban J connectivity index is 2.72. The van der Waals surface area contributed by atoms with Gasteiger partial charge in [-0.2, -0.15) is 0 Å². The van der Waals surface area contributed by atoms with Crippen molar-refractivity contribution in [2.45, 2.75) is 26.2 Å². The maximum Gasteiger partial charge on any atom is 0.330 e. The van der Waals surface area contributed by atoms with Gasteiger partial charge in [-0.1, -0.05) is 12.1 Å². The first-order valence-corrected chi connectivity index (χ1v) is 10.9. The lowest BCUT2D eigenvalue weighted by atomic mass is 9.85. The number of methoxy groups -OCH3 is 4. The molecule has 0 saturated carbocycles. The van der Waals surface area contributed by atoms with Crippen LogP contribution in [0.3, 0.4) is 0 Å². The van der Waals surface area contributed by atoms with Gasteiger partial charge in [0.1, 0.15) is 23.0 Å². The van der Waals surface area contributed by atoms with Crippen LogP contribution < -0.4 is 18.9 Å². The third-order valence-corrected chi connectivity index (χ3v) is 5.15. The largest absolute Gasteiger partial charge is 0.497 e. The second-order valence-corrected chi connectivity index (χ2v) is 7.06. The number of carbonyl (C=O) groups excluding carboxylic acids is 2. The Labute approximate surface area is 200 Å². The molecule has 8 nitrogen and oxygen atoms in total. The molecule has 0 saturated heterocycles. The van der Waals surface area contributed by atoms with Crippen molar-refractivity contribution < 1.29 is 38.0 Å². The summed E-state index contributed by atoms with van der Waals surface area (Å²) in [5.74, 6) is 0.787. The van der Waals surface area contributed by atoms with Crippen LogP contribution in [0.2, 0.25) is 0 Å². The molecule has 0 heterocycles. The summed E-state index contributed by atoms with van der Waals surface area (Å²) in [7, 11) is 6.17. The van der Waals surface area contributed by atoms with Crippen molar-refractivity contribution in [3.8, 4) is 23.0 Å². The SMILES string of the molecule is CCOC(=O)/C=C\c1c(OC)ccc(C(CC(=O)OCC)c2ccc(OC)cc2OC)c1OC. The summed E-state index contributed by atoms with van der Waals surface area (Å²) in [5.41, 5.74) is 1.99. The van der Waals surface area contributed by atoms with Crippen LogP contribution in [0.5, 0.6) is 23.0 Å². The number of ether oxygens (including phenoxy) is 6. The van der Waals surface area contributed by atoms with Gasteiger partial charge in [-0.05, 0) is 32.1 Å². The molecule has 2 aromatic rings. The van der Waals surface area contributed by atoms with Gasteiger partial charge in [-0.15, -0.1) is 0 Å². The van der Waals surface area contributed by atoms with Crippen LogP contribution in [0.15, 0.2) is 36.4 Å². The molecule has 184 valence electrons. The van der Waals surface area contributed by atoms with Gasteiger partial charge in [-0.3, -0.25) is 4.79 Å². The Morgan fingerprint density at radius 3 is 2.09 bits per heavy atom. The van der Waals surface area contributed by atoms with Crippen molar-refractivity contribution in [2.75, 3.05) is 41.7 Å². The zero-order valence-electron chi connectivity index (χ0n) is 20.5. The minimum Gasteiger partial charge on any atom is -0.497 e. The topological polar surface area (TPSA) is 89.5 Å². The number of benzene rings is 2. The number of rotatable bonds is 12. The van der Waals surface area contributed by atoms with Gasteiger partial charge in [-0.25, -0.2) is 4.79 Å². The molecule has 0 aliphatic carbocycles. The van der Waals surface area contributed by atoms with Crippen LogP contribution in [0.25, 0.3) is 6.08 Å². The molecule has 1 unspecified atom stereocenters. The Hall–Kier alpha value is -3.68. The summed E-state index contributed by atoms with van der Waals surface area (Å²) in [5, 5.41) is 0. The molecule has 0 fully saturated rings. The molecule has 34 heavy (non-hydrogen) atoms. The van der Waals surface area contributed by atoms with Crippen molar-refractivity contribution >= 4 is 18.0 Å². The summed E-state index contributed by atoms with van der Waals surface area (Å²) in [6.07, 6.45) is 2.92. The molecular formula is C26H32O8. The van der Waals surface area contributed by atoms with E-state index in [0.29, 0.717) is 34.1 Å². The lowest BCUT2D eigenvalue weighted by molar-refractivity contribution is -0.143. The Morgan fingerprint density at radius 2 is 1.50 bits per heavy atom. The highest BCUT2D eigenvalue weighted by Gasteiger charge is 2.28. The Kier molecular flexibility index (Phi) is 10.3. The number of esters is 2. The molecule has 0 aromatic heterocycles. The van der Waals surface area contributed by atoms with E-state index in [1.807, 2.05) is 12.1 Å². The normalized spacial score (nSPS) is 11.6. The molecule has 0 radical (unpaired) electrons. The molecule has 2 rings (SSSR count). The number of carbonyl (C=O) groups is 2. The summed E-state index contributed by atoms with van der Waals surface area (Å²) < 4.78 is 32.4. The highest BCUT2D eigenvalue weighted by Crippen LogP contribution is 2.44. The maximum absolute atomic E-state index is 12.6. The zero-order valence-corrected chi connectivity index (χ0v) is 20.5. The van der Waals surface area contributed by atoms with E-state index in [2.05, 4.69) is 0 Å². The third-order valence-electron chi connectivity index (χ3n) is 5.15. The summed E-state index contributed by atoms with van der Waals surface area (Å²) in [4.78, 5) is 24.5. The number of hydrogen-bond donors (Lipinski definition) is 0. The highest BCUT2D eigenvalue weighted by atomic mass is 16.5. The van der Waals surface area contributed by atoms with Gasteiger partial charge in [0, 0.05) is 29.2 Å². The van der Waals surface area contributed by atoms with Crippen LogP contribution in [0.1, 0.15) is 42.9 Å². The van der Waals surface area contributed by atoms with E-state index >= 15 is 0 Å². The minimum absolute atomic E-state index is 0.0419. The van der Waals surface area contributed by atoms with Gasteiger partial charge >= 0.3 is 11.9 Å². The molecule has 1 atom stereocenters. The molecule has 2 aromatic carbocycles.